The highest BCUT2D eigenvalue weighted by Crippen LogP contribution is 2.39. The van der Waals surface area contributed by atoms with Crippen molar-refractivity contribution in [3.8, 4) is 11.6 Å². The molecule has 5 heteroatoms. The molecule has 4 nitrogen and oxygen atoms in total. The zero-order valence-corrected chi connectivity index (χ0v) is 18.3. The molecule has 0 spiro atoms. The predicted molar refractivity (Wildman–Crippen MR) is 128 cm³/mol. The first-order valence-corrected chi connectivity index (χ1v) is 11.1. The molecule has 0 bridgehead atoms. The van der Waals surface area contributed by atoms with E-state index in [4.69, 9.17) is 9.84 Å². The Kier molecular flexibility index (Phi) is 5.48. The zero-order valence-electron chi connectivity index (χ0n) is 17.4. The van der Waals surface area contributed by atoms with Crippen molar-refractivity contribution in [2.75, 3.05) is 0 Å². The van der Waals surface area contributed by atoms with Crippen LogP contribution in [0.5, 0.6) is 5.88 Å². The van der Waals surface area contributed by atoms with E-state index in [1.165, 1.54) is 11.8 Å². The maximum Gasteiger partial charge on any atom is 0.344 e. The van der Waals surface area contributed by atoms with E-state index in [2.05, 4.69) is 0 Å². The number of carbonyl (C=O) groups excluding carboxylic acids is 1. The summed E-state index contributed by atoms with van der Waals surface area (Å²) in [6, 6.07) is 33.2. The number of nitrogens with zero attached hydrogens (tertiary/aromatic N) is 2. The Hall–Kier alpha value is -3.83. The lowest BCUT2D eigenvalue weighted by Gasteiger charge is -2.11. The molecule has 32 heavy (non-hydrogen) atoms. The summed E-state index contributed by atoms with van der Waals surface area (Å²) in [6.45, 7) is 1.93. The molecule has 0 aliphatic heterocycles. The minimum atomic E-state index is -0.414. The second kappa shape index (κ2) is 8.73. The second-order valence-corrected chi connectivity index (χ2v) is 8.42. The molecular weight excluding hydrogens is 416 g/mol. The predicted octanol–water partition coefficient (Wildman–Crippen LogP) is 6.70. The van der Waals surface area contributed by atoms with Gasteiger partial charge in [-0.25, -0.2) is 4.79 Å². The first-order valence-electron chi connectivity index (χ1n) is 10.3. The number of fused-ring (bicyclic) bond motifs is 1. The topological polar surface area (TPSA) is 44.1 Å². The molecule has 1 aromatic heterocycles. The van der Waals surface area contributed by atoms with Crippen LogP contribution >= 0.6 is 11.8 Å². The fourth-order valence-electron chi connectivity index (χ4n) is 3.51. The smallest absolute Gasteiger partial charge is 0.344 e. The highest BCUT2D eigenvalue weighted by atomic mass is 32.2. The van der Waals surface area contributed by atoms with Gasteiger partial charge in [-0.3, -0.25) is 0 Å². The molecule has 5 rings (SSSR count). The SMILES string of the molecule is Cc1nn(-c2ccccc2)c(OC(=O)c2ccc3ccccc3c2)c1Sc1ccccc1. The van der Waals surface area contributed by atoms with Crippen molar-refractivity contribution < 1.29 is 9.53 Å². The maximum absolute atomic E-state index is 13.2. The summed E-state index contributed by atoms with van der Waals surface area (Å²) in [5, 5.41) is 6.76. The molecule has 5 aromatic rings. The lowest BCUT2D eigenvalue weighted by molar-refractivity contribution is 0.0718. The first-order chi connectivity index (χ1) is 15.7. The van der Waals surface area contributed by atoms with E-state index in [0.717, 1.165) is 31.9 Å². The van der Waals surface area contributed by atoms with Crippen LogP contribution in [-0.4, -0.2) is 15.7 Å². The fraction of sp³-hybridized carbons (Fsp3) is 0.0370. The Morgan fingerprint density at radius 1 is 0.812 bits per heavy atom. The highest BCUT2D eigenvalue weighted by Gasteiger charge is 2.22. The van der Waals surface area contributed by atoms with E-state index in [0.29, 0.717) is 11.4 Å². The summed E-state index contributed by atoms with van der Waals surface area (Å²) in [5.74, 6) is 0.00320. The molecule has 156 valence electrons. The summed E-state index contributed by atoms with van der Waals surface area (Å²) in [4.78, 5) is 15.0. The summed E-state index contributed by atoms with van der Waals surface area (Å²) < 4.78 is 7.69. The third kappa shape index (κ3) is 4.03. The molecule has 0 radical (unpaired) electrons. The van der Waals surface area contributed by atoms with Crippen LogP contribution in [0.15, 0.2) is 113 Å². The molecule has 0 saturated heterocycles. The van der Waals surface area contributed by atoms with Gasteiger partial charge in [0, 0.05) is 4.90 Å². The normalized spacial score (nSPS) is 10.9. The summed E-state index contributed by atoms with van der Waals surface area (Å²) in [6.07, 6.45) is 0. The number of aromatic nitrogens is 2. The van der Waals surface area contributed by atoms with Crippen molar-refractivity contribution in [3.05, 3.63) is 114 Å². The van der Waals surface area contributed by atoms with Gasteiger partial charge in [0.1, 0.15) is 0 Å². The van der Waals surface area contributed by atoms with E-state index >= 15 is 0 Å². The summed E-state index contributed by atoms with van der Waals surface area (Å²) in [7, 11) is 0. The Bertz CT molecular complexity index is 1400. The van der Waals surface area contributed by atoms with Crippen molar-refractivity contribution in [2.24, 2.45) is 0 Å². The van der Waals surface area contributed by atoms with E-state index in [1.807, 2.05) is 104 Å². The number of benzene rings is 4. The highest BCUT2D eigenvalue weighted by molar-refractivity contribution is 7.99. The first kappa shape index (κ1) is 20.1. The van der Waals surface area contributed by atoms with Gasteiger partial charge in [-0.15, -0.1) is 0 Å². The molecular formula is C27H20N2O2S. The lowest BCUT2D eigenvalue weighted by atomic mass is 10.1. The number of hydrogen-bond acceptors (Lipinski definition) is 4. The summed E-state index contributed by atoms with van der Waals surface area (Å²) in [5.41, 5.74) is 2.12. The molecule has 4 aromatic carbocycles. The average Bonchev–Trinajstić information content (AvgIpc) is 3.14. The van der Waals surface area contributed by atoms with Gasteiger partial charge in [0.05, 0.1) is 21.8 Å². The number of carbonyl (C=O) groups is 1. The van der Waals surface area contributed by atoms with E-state index < -0.39 is 5.97 Å². The Morgan fingerprint density at radius 3 is 2.22 bits per heavy atom. The van der Waals surface area contributed by atoms with Gasteiger partial charge in [-0.2, -0.15) is 9.78 Å². The lowest BCUT2D eigenvalue weighted by Crippen LogP contribution is -2.12. The Morgan fingerprint density at radius 2 is 1.47 bits per heavy atom. The van der Waals surface area contributed by atoms with E-state index in [1.54, 1.807) is 10.7 Å². The van der Waals surface area contributed by atoms with Crippen LogP contribution in [-0.2, 0) is 0 Å². The third-order valence-corrected chi connectivity index (χ3v) is 6.29. The number of rotatable bonds is 5. The standard InChI is InChI=1S/C27H20N2O2S/c1-19-25(32-24-14-6-3-7-15-24)26(29(28-19)23-12-4-2-5-13-23)31-27(30)22-17-16-20-10-8-9-11-21(20)18-22/h2-18H,1H3. The number of hydrogen-bond donors (Lipinski definition) is 0. The molecule has 0 amide bonds. The monoisotopic (exact) mass is 436 g/mol. The molecule has 0 atom stereocenters. The Balaban J connectivity index is 1.56. The van der Waals surface area contributed by atoms with Crippen molar-refractivity contribution in [3.63, 3.8) is 0 Å². The van der Waals surface area contributed by atoms with Crippen LogP contribution in [0.4, 0.5) is 0 Å². The van der Waals surface area contributed by atoms with Gasteiger partial charge in [0.15, 0.2) is 0 Å². The molecule has 0 aliphatic rings. The number of ether oxygens (including phenoxy) is 1. The van der Waals surface area contributed by atoms with Crippen LogP contribution in [0.2, 0.25) is 0 Å². The Labute approximate surface area is 190 Å². The molecule has 0 N–H and O–H groups in total. The maximum atomic E-state index is 13.2. The number of para-hydroxylation sites is 1. The van der Waals surface area contributed by atoms with Gasteiger partial charge in [0.2, 0.25) is 5.88 Å². The van der Waals surface area contributed by atoms with Crippen LogP contribution in [0.25, 0.3) is 16.5 Å². The van der Waals surface area contributed by atoms with Gasteiger partial charge in [0.25, 0.3) is 0 Å². The van der Waals surface area contributed by atoms with Gasteiger partial charge >= 0.3 is 5.97 Å². The fourth-order valence-corrected chi connectivity index (χ4v) is 4.45. The van der Waals surface area contributed by atoms with E-state index in [-0.39, 0.29) is 0 Å². The minimum Gasteiger partial charge on any atom is -0.402 e. The number of esters is 1. The quantitative estimate of drug-likeness (QED) is 0.287. The van der Waals surface area contributed by atoms with Crippen molar-refractivity contribution >= 4 is 28.5 Å². The van der Waals surface area contributed by atoms with Gasteiger partial charge in [-0.1, -0.05) is 78.5 Å². The van der Waals surface area contributed by atoms with Crippen LogP contribution in [0, 0.1) is 6.92 Å². The molecule has 0 unspecified atom stereocenters. The van der Waals surface area contributed by atoms with E-state index in [9.17, 15) is 4.79 Å². The van der Waals surface area contributed by atoms with Gasteiger partial charge in [-0.05, 0) is 54.1 Å². The van der Waals surface area contributed by atoms with Crippen LogP contribution < -0.4 is 4.74 Å². The molecule has 0 aliphatic carbocycles. The minimum absolute atomic E-state index is 0.414. The van der Waals surface area contributed by atoms with Gasteiger partial charge < -0.3 is 4.74 Å². The molecule has 0 fully saturated rings. The molecule has 1 heterocycles. The zero-order chi connectivity index (χ0) is 21.9. The van der Waals surface area contributed by atoms with Crippen LogP contribution in [0.1, 0.15) is 16.1 Å². The average molecular weight is 437 g/mol. The third-order valence-electron chi connectivity index (χ3n) is 5.10. The largest absolute Gasteiger partial charge is 0.402 e. The van der Waals surface area contributed by atoms with Crippen molar-refractivity contribution in [2.45, 2.75) is 16.7 Å². The number of aryl methyl sites for hydroxylation is 1. The van der Waals surface area contributed by atoms with Crippen molar-refractivity contribution in [1.29, 1.82) is 0 Å². The molecule has 0 saturated carbocycles. The van der Waals surface area contributed by atoms with Crippen molar-refractivity contribution in [1.82, 2.24) is 9.78 Å². The summed E-state index contributed by atoms with van der Waals surface area (Å²) >= 11 is 1.54. The second-order valence-electron chi connectivity index (χ2n) is 7.33. The van der Waals surface area contributed by atoms with Crippen LogP contribution in [0.3, 0.4) is 0 Å².